The normalized spacial score (nSPS) is 14.8. The number of carbonyl (C=O) groups excluding carboxylic acids is 4. The Morgan fingerprint density at radius 2 is 1.12 bits per heavy atom. The number of nitrogens with zero attached hydrogens (tertiary/aromatic N) is 3. The average Bonchev–Trinajstić information content (AvgIpc) is 3.36. The molecule has 2 aromatic carbocycles. The summed E-state index contributed by atoms with van der Waals surface area (Å²) in [7, 11) is 4.49. The molecule has 0 bridgehead atoms. The van der Waals surface area contributed by atoms with Crippen molar-refractivity contribution in [1.29, 1.82) is 0 Å². The Hall–Kier alpha value is -4.41. The number of alkyl carbamates (subject to hydrolysis) is 1. The van der Waals surface area contributed by atoms with Gasteiger partial charge in [0, 0.05) is 27.1 Å². The molecule has 11 heteroatoms. The number of rotatable bonds is 15. The van der Waals surface area contributed by atoms with Crippen molar-refractivity contribution in [2.24, 2.45) is 17.8 Å². The number of carboxylic acids is 1. The van der Waals surface area contributed by atoms with Crippen molar-refractivity contribution in [3.05, 3.63) is 59.7 Å². The quantitative estimate of drug-likeness (QED) is 0.263. The topological polar surface area (TPSA) is 137 Å². The van der Waals surface area contributed by atoms with Crippen molar-refractivity contribution >= 4 is 29.8 Å². The van der Waals surface area contributed by atoms with Gasteiger partial charge >= 0.3 is 12.1 Å². The van der Waals surface area contributed by atoms with Crippen LogP contribution in [-0.4, -0.2) is 102 Å². The highest BCUT2D eigenvalue weighted by Crippen LogP contribution is 2.44. The number of ether oxygens (including phenoxy) is 1. The van der Waals surface area contributed by atoms with Gasteiger partial charge in [0.15, 0.2) is 0 Å². The van der Waals surface area contributed by atoms with Crippen LogP contribution in [0.1, 0.15) is 78.4 Å². The molecular formula is C38H54N4O7. The molecule has 4 atom stereocenters. The molecule has 49 heavy (non-hydrogen) atoms. The number of nitrogens with one attached hydrogen (secondary N) is 1. The second-order valence-corrected chi connectivity index (χ2v) is 14.4. The Morgan fingerprint density at radius 1 is 0.694 bits per heavy atom. The lowest BCUT2D eigenvalue weighted by molar-refractivity contribution is -0.156. The molecule has 2 aromatic rings. The first-order chi connectivity index (χ1) is 23.0. The molecular weight excluding hydrogens is 624 g/mol. The number of hydrogen-bond donors (Lipinski definition) is 2. The van der Waals surface area contributed by atoms with Gasteiger partial charge in [0.25, 0.3) is 0 Å². The van der Waals surface area contributed by atoms with Crippen LogP contribution in [0, 0.1) is 17.8 Å². The zero-order valence-electron chi connectivity index (χ0n) is 30.6. The molecule has 1 aliphatic carbocycles. The van der Waals surface area contributed by atoms with E-state index in [4.69, 9.17) is 4.74 Å². The second-order valence-electron chi connectivity index (χ2n) is 14.4. The molecule has 1 aliphatic rings. The highest BCUT2D eigenvalue weighted by atomic mass is 16.5. The van der Waals surface area contributed by atoms with Crippen molar-refractivity contribution in [2.45, 2.75) is 91.4 Å². The van der Waals surface area contributed by atoms with E-state index in [2.05, 4.69) is 17.4 Å². The number of hydrogen-bond acceptors (Lipinski definition) is 6. The van der Waals surface area contributed by atoms with Crippen molar-refractivity contribution < 1.29 is 33.8 Å². The Morgan fingerprint density at radius 3 is 1.55 bits per heavy atom. The molecule has 0 fully saturated rings. The molecule has 0 aromatic heterocycles. The summed E-state index contributed by atoms with van der Waals surface area (Å²) in [6.07, 6.45) is -0.129. The van der Waals surface area contributed by atoms with E-state index >= 15 is 0 Å². The fourth-order valence-electron chi connectivity index (χ4n) is 6.74. The van der Waals surface area contributed by atoms with E-state index < -0.39 is 54.0 Å². The van der Waals surface area contributed by atoms with E-state index in [0.717, 1.165) is 22.3 Å². The number of likely N-dealkylation sites (N-methyl/N-ethyl adjacent to an activating group) is 3. The van der Waals surface area contributed by atoms with Gasteiger partial charge in [0.2, 0.25) is 17.7 Å². The summed E-state index contributed by atoms with van der Waals surface area (Å²) in [4.78, 5) is 70.5. The van der Waals surface area contributed by atoms with Gasteiger partial charge in [-0.1, -0.05) is 90.1 Å². The standard InChI is InChI=1S/C38H54N4O7/c1-22(2)19-31(35(44)41(9)32(20-23(3)4)36(45)42(10)33(24(5)6)37(46)47)40(8)34(43)25(7)39-38(48)49-21-30-28-17-13-11-15-26(28)27-16-12-14-18-29(27)30/h11-18,22-25,30-33H,19-21H2,1-10H3,(H,39,48)(H,46,47). The summed E-state index contributed by atoms with van der Waals surface area (Å²) >= 11 is 0. The Kier molecular flexibility index (Phi) is 13.4. The van der Waals surface area contributed by atoms with Crippen LogP contribution in [0.15, 0.2) is 48.5 Å². The van der Waals surface area contributed by atoms with Crippen LogP contribution in [0.4, 0.5) is 4.79 Å². The molecule has 4 unspecified atom stereocenters. The molecule has 3 rings (SSSR count). The molecule has 0 saturated carbocycles. The van der Waals surface area contributed by atoms with Gasteiger partial charge in [0.05, 0.1) is 0 Å². The minimum Gasteiger partial charge on any atom is -0.480 e. The first-order valence-electron chi connectivity index (χ1n) is 17.1. The Bertz CT molecular complexity index is 1460. The number of benzene rings is 2. The SMILES string of the molecule is CC(C)CC(C(=O)N(C)C(CC(C)C)C(=O)N(C)C(C(=O)O)C(C)C)N(C)C(=O)C(C)NC(=O)OCC1c2ccccc2-c2ccccc21. The summed E-state index contributed by atoms with van der Waals surface area (Å²) < 4.78 is 5.64. The first-order valence-corrected chi connectivity index (χ1v) is 17.1. The molecule has 0 spiro atoms. The lowest BCUT2D eigenvalue weighted by Crippen LogP contribution is -2.59. The molecule has 2 N–H and O–H groups in total. The highest BCUT2D eigenvalue weighted by Gasteiger charge is 2.40. The van der Waals surface area contributed by atoms with Gasteiger partial charge in [-0.05, 0) is 59.8 Å². The molecule has 0 aliphatic heterocycles. The van der Waals surface area contributed by atoms with Crippen LogP contribution in [0.2, 0.25) is 0 Å². The first kappa shape index (κ1) is 39.0. The van der Waals surface area contributed by atoms with E-state index in [9.17, 15) is 29.1 Å². The molecule has 4 amide bonds. The monoisotopic (exact) mass is 678 g/mol. The molecule has 11 nitrogen and oxygen atoms in total. The maximum absolute atomic E-state index is 14.1. The predicted molar refractivity (Wildman–Crippen MR) is 189 cm³/mol. The van der Waals surface area contributed by atoms with Crippen LogP contribution < -0.4 is 5.32 Å². The number of aliphatic carboxylic acids is 1. The van der Waals surface area contributed by atoms with Crippen LogP contribution in [0.5, 0.6) is 0 Å². The van der Waals surface area contributed by atoms with Gasteiger partial charge in [-0.2, -0.15) is 0 Å². The third-order valence-corrected chi connectivity index (χ3v) is 9.29. The minimum atomic E-state index is -1.12. The molecule has 268 valence electrons. The minimum absolute atomic E-state index is 0.0160. The Balaban J connectivity index is 1.73. The number of carboxylic acid groups (broad SMARTS) is 1. The smallest absolute Gasteiger partial charge is 0.407 e. The molecule has 0 saturated heterocycles. The van der Waals surface area contributed by atoms with Crippen molar-refractivity contribution in [3.63, 3.8) is 0 Å². The van der Waals surface area contributed by atoms with E-state index in [0.29, 0.717) is 12.8 Å². The molecule has 0 heterocycles. The fourth-order valence-corrected chi connectivity index (χ4v) is 6.74. The predicted octanol–water partition coefficient (Wildman–Crippen LogP) is 5.23. The summed E-state index contributed by atoms with van der Waals surface area (Å²) in [5.74, 6) is -2.99. The van der Waals surface area contributed by atoms with E-state index in [1.54, 1.807) is 20.8 Å². The number of fused-ring (bicyclic) bond motifs is 3. The van der Waals surface area contributed by atoms with Gasteiger partial charge in [-0.3, -0.25) is 14.4 Å². The van der Waals surface area contributed by atoms with Gasteiger partial charge in [0.1, 0.15) is 30.8 Å². The number of amides is 4. The van der Waals surface area contributed by atoms with Gasteiger partial charge in [-0.15, -0.1) is 0 Å². The van der Waals surface area contributed by atoms with Crippen molar-refractivity contribution in [3.8, 4) is 11.1 Å². The maximum atomic E-state index is 14.1. The molecule has 0 radical (unpaired) electrons. The largest absolute Gasteiger partial charge is 0.480 e. The van der Waals surface area contributed by atoms with E-state index in [-0.39, 0.29) is 30.3 Å². The summed E-state index contributed by atoms with van der Waals surface area (Å²) in [6.45, 7) is 12.8. The third-order valence-electron chi connectivity index (χ3n) is 9.29. The van der Waals surface area contributed by atoms with Gasteiger partial charge < -0.3 is 29.9 Å². The number of carbonyl (C=O) groups is 5. The summed E-state index contributed by atoms with van der Waals surface area (Å²) in [5.41, 5.74) is 4.35. The second kappa shape index (κ2) is 16.8. The van der Waals surface area contributed by atoms with Crippen LogP contribution in [0.3, 0.4) is 0 Å². The Labute approximate surface area is 291 Å². The zero-order valence-corrected chi connectivity index (χ0v) is 30.6. The van der Waals surface area contributed by atoms with Crippen LogP contribution >= 0.6 is 0 Å². The van der Waals surface area contributed by atoms with Crippen LogP contribution in [0.25, 0.3) is 11.1 Å². The van der Waals surface area contributed by atoms with Gasteiger partial charge in [-0.25, -0.2) is 9.59 Å². The van der Waals surface area contributed by atoms with Crippen LogP contribution in [-0.2, 0) is 23.9 Å². The van der Waals surface area contributed by atoms with E-state index in [1.807, 2.05) is 64.1 Å². The lowest BCUT2D eigenvalue weighted by Gasteiger charge is -2.38. The average molecular weight is 679 g/mol. The highest BCUT2D eigenvalue weighted by molar-refractivity contribution is 5.94. The lowest BCUT2D eigenvalue weighted by atomic mass is 9.96. The fraction of sp³-hybridized carbons (Fsp3) is 0.553. The summed E-state index contributed by atoms with van der Waals surface area (Å²) in [5, 5.41) is 12.5. The maximum Gasteiger partial charge on any atom is 0.407 e. The third kappa shape index (κ3) is 9.19. The van der Waals surface area contributed by atoms with E-state index in [1.165, 1.54) is 35.8 Å². The van der Waals surface area contributed by atoms with Crippen molar-refractivity contribution in [1.82, 2.24) is 20.0 Å². The zero-order chi connectivity index (χ0) is 36.7. The summed E-state index contributed by atoms with van der Waals surface area (Å²) in [6, 6.07) is 12.1. The van der Waals surface area contributed by atoms with Crippen molar-refractivity contribution in [2.75, 3.05) is 27.7 Å².